The molecule has 0 aliphatic carbocycles. The number of anilines is 1. The molecular weight excluding hydrogens is 374 g/mol. The molecule has 6 heteroatoms. The number of halogens is 1. The van der Waals surface area contributed by atoms with Crippen LogP contribution in [0.1, 0.15) is 21.5 Å². The van der Waals surface area contributed by atoms with Crippen molar-refractivity contribution in [3.8, 4) is 5.75 Å². The molecule has 1 amide bonds. The SMILES string of the molecule is COc1ccc(CCNc2cncc(C(=O)NCc3ccc(Cl)cc3)c2)cc1. The molecule has 5 nitrogen and oxygen atoms in total. The number of carbonyl (C=O) groups is 1. The summed E-state index contributed by atoms with van der Waals surface area (Å²) in [4.78, 5) is 16.5. The van der Waals surface area contributed by atoms with E-state index in [-0.39, 0.29) is 5.91 Å². The number of hydrogen-bond acceptors (Lipinski definition) is 4. The maximum Gasteiger partial charge on any atom is 0.253 e. The van der Waals surface area contributed by atoms with Crippen LogP contribution in [0.15, 0.2) is 67.0 Å². The summed E-state index contributed by atoms with van der Waals surface area (Å²) in [5.41, 5.74) is 3.52. The Balaban J connectivity index is 1.50. The predicted molar refractivity (Wildman–Crippen MR) is 112 cm³/mol. The van der Waals surface area contributed by atoms with Gasteiger partial charge in [0.15, 0.2) is 0 Å². The summed E-state index contributed by atoms with van der Waals surface area (Å²) in [5, 5.41) is 6.88. The molecule has 2 N–H and O–H groups in total. The van der Waals surface area contributed by atoms with Gasteiger partial charge in [-0.25, -0.2) is 0 Å². The van der Waals surface area contributed by atoms with Gasteiger partial charge in [-0.15, -0.1) is 0 Å². The quantitative estimate of drug-likeness (QED) is 0.596. The Kier molecular flexibility index (Phi) is 6.87. The fraction of sp³-hybridized carbons (Fsp3) is 0.182. The van der Waals surface area contributed by atoms with Crippen molar-refractivity contribution >= 4 is 23.2 Å². The van der Waals surface area contributed by atoms with Gasteiger partial charge in [-0.2, -0.15) is 0 Å². The van der Waals surface area contributed by atoms with E-state index in [1.807, 2.05) is 36.4 Å². The van der Waals surface area contributed by atoms with Crippen LogP contribution in [-0.4, -0.2) is 24.5 Å². The van der Waals surface area contributed by atoms with Crippen LogP contribution in [0.2, 0.25) is 5.02 Å². The second kappa shape index (κ2) is 9.76. The van der Waals surface area contributed by atoms with E-state index in [1.165, 1.54) is 5.56 Å². The van der Waals surface area contributed by atoms with Crippen LogP contribution in [0.3, 0.4) is 0 Å². The molecule has 0 saturated heterocycles. The highest BCUT2D eigenvalue weighted by Crippen LogP contribution is 2.13. The zero-order chi connectivity index (χ0) is 19.8. The van der Waals surface area contributed by atoms with E-state index in [2.05, 4.69) is 15.6 Å². The van der Waals surface area contributed by atoms with E-state index in [4.69, 9.17) is 16.3 Å². The molecule has 0 unspecified atom stereocenters. The number of pyridine rings is 1. The fourth-order valence-corrected chi connectivity index (χ4v) is 2.82. The Hall–Kier alpha value is -3.05. The van der Waals surface area contributed by atoms with E-state index in [9.17, 15) is 4.79 Å². The van der Waals surface area contributed by atoms with Crippen molar-refractivity contribution in [2.45, 2.75) is 13.0 Å². The number of nitrogens with one attached hydrogen (secondary N) is 2. The van der Waals surface area contributed by atoms with Gasteiger partial charge < -0.3 is 15.4 Å². The average Bonchev–Trinajstić information content (AvgIpc) is 2.74. The van der Waals surface area contributed by atoms with Crippen LogP contribution in [-0.2, 0) is 13.0 Å². The van der Waals surface area contributed by atoms with Gasteiger partial charge in [0.2, 0.25) is 0 Å². The van der Waals surface area contributed by atoms with Crippen molar-refractivity contribution in [1.29, 1.82) is 0 Å². The first-order valence-corrected chi connectivity index (χ1v) is 9.36. The number of benzene rings is 2. The molecule has 144 valence electrons. The molecule has 1 aromatic heterocycles. The van der Waals surface area contributed by atoms with E-state index < -0.39 is 0 Å². The molecular formula is C22H22ClN3O2. The van der Waals surface area contributed by atoms with E-state index in [1.54, 1.807) is 37.7 Å². The molecule has 0 aliphatic rings. The standard InChI is InChI=1S/C22H22ClN3O2/c1-28-21-8-4-16(5-9-21)10-11-25-20-12-18(14-24-15-20)22(27)26-13-17-2-6-19(23)7-3-17/h2-9,12,14-15,25H,10-11,13H2,1H3,(H,26,27). The number of rotatable bonds is 8. The number of methoxy groups -OCH3 is 1. The lowest BCUT2D eigenvalue weighted by Crippen LogP contribution is -2.23. The van der Waals surface area contributed by atoms with Crippen LogP contribution in [0, 0.1) is 0 Å². The number of carbonyl (C=O) groups excluding carboxylic acids is 1. The summed E-state index contributed by atoms with van der Waals surface area (Å²) in [6.07, 6.45) is 4.13. The highest BCUT2D eigenvalue weighted by Gasteiger charge is 2.07. The smallest absolute Gasteiger partial charge is 0.253 e. The first-order valence-electron chi connectivity index (χ1n) is 8.98. The van der Waals surface area contributed by atoms with Gasteiger partial charge in [0.05, 0.1) is 18.4 Å². The van der Waals surface area contributed by atoms with Gasteiger partial charge in [0, 0.05) is 30.5 Å². The first kappa shape index (κ1) is 19.7. The topological polar surface area (TPSA) is 63.2 Å². The third kappa shape index (κ3) is 5.72. The normalized spacial score (nSPS) is 10.4. The van der Waals surface area contributed by atoms with E-state index in [0.29, 0.717) is 17.1 Å². The second-order valence-corrected chi connectivity index (χ2v) is 6.73. The Morgan fingerprint density at radius 2 is 1.75 bits per heavy atom. The summed E-state index contributed by atoms with van der Waals surface area (Å²) in [6.45, 7) is 1.18. The molecule has 3 aromatic rings. The number of aromatic nitrogens is 1. The van der Waals surface area contributed by atoms with Crippen molar-refractivity contribution in [1.82, 2.24) is 10.3 Å². The molecule has 28 heavy (non-hydrogen) atoms. The number of ether oxygens (including phenoxy) is 1. The molecule has 3 rings (SSSR count). The van der Waals surface area contributed by atoms with Crippen molar-refractivity contribution < 1.29 is 9.53 Å². The average molecular weight is 396 g/mol. The molecule has 0 spiro atoms. The van der Waals surface area contributed by atoms with E-state index >= 15 is 0 Å². The van der Waals surface area contributed by atoms with Gasteiger partial charge in [0.1, 0.15) is 5.75 Å². The minimum atomic E-state index is -0.166. The van der Waals surface area contributed by atoms with Crippen LogP contribution < -0.4 is 15.4 Å². The maximum absolute atomic E-state index is 12.4. The summed E-state index contributed by atoms with van der Waals surface area (Å²) in [6, 6.07) is 17.2. The zero-order valence-corrected chi connectivity index (χ0v) is 16.4. The zero-order valence-electron chi connectivity index (χ0n) is 15.6. The Morgan fingerprint density at radius 1 is 1.04 bits per heavy atom. The van der Waals surface area contributed by atoms with Crippen LogP contribution >= 0.6 is 11.6 Å². The van der Waals surface area contributed by atoms with Gasteiger partial charge in [-0.05, 0) is 47.9 Å². The number of hydrogen-bond donors (Lipinski definition) is 2. The summed E-state index contributed by atoms with van der Waals surface area (Å²) in [5.74, 6) is 0.680. The third-order valence-corrected chi connectivity index (χ3v) is 4.52. The molecule has 0 atom stereocenters. The minimum absolute atomic E-state index is 0.166. The molecule has 1 heterocycles. The summed E-state index contributed by atoms with van der Waals surface area (Å²) in [7, 11) is 1.65. The molecule has 0 aliphatic heterocycles. The maximum atomic E-state index is 12.4. The lowest BCUT2D eigenvalue weighted by molar-refractivity contribution is 0.0950. The Bertz CT molecular complexity index is 912. The third-order valence-electron chi connectivity index (χ3n) is 4.27. The van der Waals surface area contributed by atoms with Gasteiger partial charge >= 0.3 is 0 Å². The molecule has 0 saturated carbocycles. The Labute approximate surface area is 169 Å². The summed E-state index contributed by atoms with van der Waals surface area (Å²) < 4.78 is 5.16. The number of nitrogens with zero attached hydrogens (tertiary/aromatic N) is 1. The Morgan fingerprint density at radius 3 is 2.46 bits per heavy atom. The minimum Gasteiger partial charge on any atom is -0.497 e. The van der Waals surface area contributed by atoms with Crippen molar-refractivity contribution in [2.75, 3.05) is 19.0 Å². The largest absolute Gasteiger partial charge is 0.497 e. The molecule has 2 aromatic carbocycles. The molecule has 0 radical (unpaired) electrons. The fourth-order valence-electron chi connectivity index (χ4n) is 2.69. The van der Waals surface area contributed by atoms with Crippen LogP contribution in [0.5, 0.6) is 5.75 Å². The van der Waals surface area contributed by atoms with E-state index in [0.717, 1.165) is 30.0 Å². The second-order valence-electron chi connectivity index (χ2n) is 6.30. The highest BCUT2D eigenvalue weighted by atomic mass is 35.5. The van der Waals surface area contributed by atoms with Gasteiger partial charge in [0.25, 0.3) is 5.91 Å². The van der Waals surface area contributed by atoms with Gasteiger partial charge in [-0.3, -0.25) is 9.78 Å². The molecule has 0 bridgehead atoms. The van der Waals surface area contributed by atoms with Crippen LogP contribution in [0.25, 0.3) is 0 Å². The molecule has 0 fully saturated rings. The van der Waals surface area contributed by atoms with Crippen molar-refractivity contribution in [2.24, 2.45) is 0 Å². The lowest BCUT2D eigenvalue weighted by Gasteiger charge is -2.09. The van der Waals surface area contributed by atoms with Crippen molar-refractivity contribution in [3.63, 3.8) is 0 Å². The van der Waals surface area contributed by atoms with Crippen molar-refractivity contribution in [3.05, 3.63) is 88.7 Å². The first-order chi connectivity index (χ1) is 13.6. The van der Waals surface area contributed by atoms with Gasteiger partial charge in [-0.1, -0.05) is 35.9 Å². The lowest BCUT2D eigenvalue weighted by atomic mass is 10.1. The monoisotopic (exact) mass is 395 g/mol. The highest BCUT2D eigenvalue weighted by molar-refractivity contribution is 6.30. The predicted octanol–water partition coefficient (Wildman–Crippen LogP) is 4.33. The number of amides is 1. The summed E-state index contributed by atoms with van der Waals surface area (Å²) >= 11 is 5.87. The van der Waals surface area contributed by atoms with Crippen LogP contribution in [0.4, 0.5) is 5.69 Å².